The maximum absolute atomic E-state index is 12.8. The van der Waals surface area contributed by atoms with Crippen LogP contribution < -0.4 is 10.5 Å². The van der Waals surface area contributed by atoms with Gasteiger partial charge in [-0.05, 0) is 12.1 Å². The molecule has 0 aliphatic carbocycles. The Bertz CT molecular complexity index is 389. The van der Waals surface area contributed by atoms with Gasteiger partial charge in [0.25, 0.3) is 0 Å². The van der Waals surface area contributed by atoms with Crippen LogP contribution >= 0.6 is 0 Å². The summed E-state index contributed by atoms with van der Waals surface area (Å²) in [5, 5.41) is 0. The van der Waals surface area contributed by atoms with E-state index in [0.717, 1.165) is 12.1 Å². The summed E-state index contributed by atoms with van der Waals surface area (Å²) in [6.07, 6.45) is -4.93. The van der Waals surface area contributed by atoms with Crippen molar-refractivity contribution < 1.29 is 27.1 Å². The lowest BCUT2D eigenvalue weighted by molar-refractivity contribution is -0.274. The largest absolute Gasteiger partial charge is 0.573 e. The Morgan fingerprint density at radius 2 is 1.93 bits per heavy atom. The highest BCUT2D eigenvalue weighted by Gasteiger charge is 2.33. The van der Waals surface area contributed by atoms with E-state index in [-0.39, 0.29) is 6.29 Å². The number of halogens is 4. The fourth-order valence-electron chi connectivity index (χ4n) is 0.915. The molecule has 0 heterocycles. The monoisotopic (exact) mass is 223 g/mol. The fraction of sp³-hybridized carbons (Fsp3) is 0.125. The van der Waals surface area contributed by atoms with Gasteiger partial charge in [0.15, 0.2) is 12.0 Å². The minimum absolute atomic E-state index is 0.0941. The molecule has 0 amide bonds. The number of aldehydes is 1. The standard InChI is InChI=1S/C8H5F4NO2/c9-5-2-1-4(3-14)7(6(5)13)15-8(10,11)12/h1-3H,13H2. The third-order valence-corrected chi connectivity index (χ3v) is 1.52. The lowest BCUT2D eigenvalue weighted by Crippen LogP contribution is -2.19. The van der Waals surface area contributed by atoms with Crippen molar-refractivity contribution in [1.82, 2.24) is 0 Å². The van der Waals surface area contributed by atoms with Crippen LogP contribution in [-0.2, 0) is 0 Å². The zero-order valence-electron chi connectivity index (χ0n) is 7.14. The molecule has 0 aromatic heterocycles. The van der Waals surface area contributed by atoms with Crippen LogP contribution in [0.5, 0.6) is 5.75 Å². The highest BCUT2D eigenvalue weighted by Crippen LogP contribution is 2.32. The Morgan fingerprint density at radius 1 is 1.33 bits per heavy atom. The lowest BCUT2D eigenvalue weighted by atomic mass is 10.2. The summed E-state index contributed by atoms with van der Waals surface area (Å²) in [5.41, 5.74) is 3.69. The summed E-state index contributed by atoms with van der Waals surface area (Å²) >= 11 is 0. The van der Waals surface area contributed by atoms with Gasteiger partial charge in [-0.3, -0.25) is 4.79 Å². The van der Waals surface area contributed by atoms with Gasteiger partial charge in [0.1, 0.15) is 11.5 Å². The molecule has 1 aromatic carbocycles. The van der Waals surface area contributed by atoms with Gasteiger partial charge in [0.05, 0.1) is 5.56 Å². The molecule has 0 radical (unpaired) electrons. The zero-order chi connectivity index (χ0) is 11.6. The van der Waals surface area contributed by atoms with Crippen molar-refractivity contribution >= 4 is 12.0 Å². The van der Waals surface area contributed by atoms with Crippen molar-refractivity contribution in [2.45, 2.75) is 6.36 Å². The molecule has 0 aliphatic rings. The van der Waals surface area contributed by atoms with Crippen molar-refractivity contribution in [3.63, 3.8) is 0 Å². The van der Waals surface area contributed by atoms with E-state index < -0.39 is 29.2 Å². The Labute approximate surface area is 81.4 Å². The normalized spacial score (nSPS) is 11.2. The highest BCUT2D eigenvalue weighted by atomic mass is 19.4. The van der Waals surface area contributed by atoms with E-state index in [4.69, 9.17) is 5.73 Å². The van der Waals surface area contributed by atoms with Crippen LogP contribution in [0.15, 0.2) is 12.1 Å². The summed E-state index contributed by atoms with van der Waals surface area (Å²) < 4.78 is 51.8. The molecule has 1 aromatic rings. The molecule has 82 valence electrons. The van der Waals surface area contributed by atoms with Crippen LogP contribution in [0.2, 0.25) is 0 Å². The van der Waals surface area contributed by atoms with Crippen molar-refractivity contribution in [2.24, 2.45) is 0 Å². The second kappa shape index (κ2) is 3.76. The summed E-state index contributed by atoms with van der Waals surface area (Å²) in [7, 11) is 0. The van der Waals surface area contributed by atoms with Gasteiger partial charge in [0.2, 0.25) is 0 Å². The number of nitrogens with two attached hydrogens (primary N) is 1. The van der Waals surface area contributed by atoms with Gasteiger partial charge in [-0.1, -0.05) is 0 Å². The van der Waals surface area contributed by atoms with Crippen LogP contribution in [0.1, 0.15) is 10.4 Å². The Hall–Kier alpha value is -1.79. The lowest BCUT2D eigenvalue weighted by Gasteiger charge is -2.12. The first-order chi connectivity index (χ1) is 6.85. The second-order valence-corrected chi connectivity index (χ2v) is 2.55. The van der Waals surface area contributed by atoms with Crippen LogP contribution in [-0.4, -0.2) is 12.6 Å². The van der Waals surface area contributed by atoms with Gasteiger partial charge < -0.3 is 10.5 Å². The van der Waals surface area contributed by atoms with E-state index in [1.807, 2.05) is 0 Å². The molecule has 0 aliphatic heterocycles. The van der Waals surface area contributed by atoms with Crippen LogP contribution in [0.3, 0.4) is 0 Å². The number of ether oxygens (including phenoxy) is 1. The number of benzene rings is 1. The number of hydrogen-bond acceptors (Lipinski definition) is 3. The molecule has 0 saturated heterocycles. The zero-order valence-corrected chi connectivity index (χ0v) is 7.14. The smallest absolute Gasteiger partial charge is 0.403 e. The van der Waals surface area contributed by atoms with Gasteiger partial charge in [-0.2, -0.15) is 0 Å². The summed E-state index contributed by atoms with van der Waals surface area (Å²) in [6.45, 7) is 0. The molecular weight excluding hydrogens is 218 g/mol. The Morgan fingerprint density at radius 3 is 2.40 bits per heavy atom. The van der Waals surface area contributed by atoms with Crippen molar-refractivity contribution in [3.8, 4) is 5.75 Å². The quantitative estimate of drug-likeness (QED) is 0.474. The predicted octanol–water partition coefficient (Wildman–Crippen LogP) is 2.12. The average molecular weight is 223 g/mol. The van der Waals surface area contributed by atoms with Crippen molar-refractivity contribution in [2.75, 3.05) is 5.73 Å². The molecule has 0 spiro atoms. The molecule has 7 heteroatoms. The van der Waals surface area contributed by atoms with E-state index in [9.17, 15) is 22.4 Å². The Kier molecular flexibility index (Phi) is 2.83. The van der Waals surface area contributed by atoms with Crippen molar-refractivity contribution in [3.05, 3.63) is 23.5 Å². The number of alkyl halides is 3. The number of hydrogen-bond donors (Lipinski definition) is 1. The molecule has 2 N–H and O–H groups in total. The first kappa shape index (κ1) is 11.3. The second-order valence-electron chi connectivity index (χ2n) is 2.55. The molecule has 0 fully saturated rings. The molecule has 1 rings (SSSR count). The molecule has 3 nitrogen and oxygen atoms in total. The number of nitrogen functional groups attached to an aromatic ring is 1. The summed E-state index contributed by atoms with van der Waals surface area (Å²) in [4.78, 5) is 10.4. The molecule has 0 atom stereocenters. The highest BCUT2D eigenvalue weighted by molar-refractivity contribution is 5.83. The molecule has 0 saturated carbocycles. The van der Waals surface area contributed by atoms with Gasteiger partial charge in [-0.25, -0.2) is 4.39 Å². The van der Waals surface area contributed by atoms with Gasteiger partial charge >= 0.3 is 6.36 Å². The van der Waals surface area contributed by atoms with E-state index in [1.165, 1.54) is 0 Å². The van der Waals surface area contributed by atoms with Gasteiger partial charge in [0, 0.05) is 0 Å². The first-order valence-corrected chi connectivity index (χ1v) is 3.64. The van der Waals surface area contributed by atoms with E-state index in [2.05, 4.69) is 4.74 Å². The van der Waals surface area contributed by atoms with Crippen LogP contribution in [0, 0.1) is 5.82 Å². The summed E-state index contributed by atoms with van der Waals surface area (Å²) in [6, 6.07) is 1.63. The topological polar surface area (TPSA) is 52.3 Å². The molecule has 0 bridgehead atoms. The summed E-state index contributed by atoms with van der Waals surface area (Å²) in [5.74, 6) is -2.10. The first-order valence-electron chi connectivity index (χ1n) is 3.64. The third kappa shape index (κ3) is 2.58. The average Bonchev–Trinajstić information content (AvgIpc) is 2.11. The number of rotatable bonds is 2. The van der Waals surface area contributed by atoms with E-state index >= 15 is 0 Å². The number of anilines is 1. The van der Waals surface area contributed by atoms with Crippen LogP contribution in [0.4, 0.5) is 23.2 Å². The minimum atomic E-state index is -5.03. The van der Waals surface area contributed by atoms with Crippen molar-refractivity contribution in [1.29, 1.82) is 0 Å². The van der Waals surface area contributed by atoms with Gasteiger partial charge in [-0.15, -0.1) is 13.2 Å². The minimum Gasteiger partial charge on any atom is -0.403 e. The number of carbonyl (C=O) groups excluding carboxylic acids is 1. The molecular formula is C8H5F4NO2. The van der Waals surface area contributed by atoms with E-state index in [0.29, 0.717) is 0 Å². The molecule has 15 heavy (non-hydrogen) atoms. The molecule has 0 unspecified atom stereocenters. The van der Waals surface area contributed by atoms with Crippen LogP contribution in [0.25, 0.3) is 0 Å². The predicted molar refractivity (Wildman–Crippen MR) is 42.9 cm³/mol. The van der Waals surface area contributed by atoms with E-state index in [1.54, 1.807) is 0 Å². The maximum atomic E-state index is 12.8. The maximum Gasteiger partial charge on any atom is 0.573 e. The SMILES string of the molecule is Nc1c(F)ccc(C=O)c1OC(F)(F)F. The fourth-order valence-corrected chi connectivity index (χ4v) is 0.915. The number of carbonyl (C=O) groups is 1. The Balaban J connectivity index is 3.24. The third-order valence-electron chi connectivity index (χ3n) is 1.52.